The van der Waals surface area contributed by atoms with Gasteiger partial charge in [-0.1, -0.05) is 81.5 Å². The summed E-state index contributed by atoms with van der Waals surface area (Å²) >= 11 is 0. The Hall–Kier alpha value is -1.30. The minimum absolute atomic E-state index is 1.23. The molecule has 0 radical (unpaired) electrons. The molecule has 2 aliphatic carbocycles. The molecule has 0 fully saturated rings. The first-order valence-corrected chi connectivity index (χ1v) is 7.38. The molecule has 0 saturated heterocycles. The predicted molar refractivity (Wildman–Crippen MR) is 80.1 cm³/mol. The molecule has 0 heteroatoms. The molecular formula is C18H24. The van der Waals surface area contributed by atoms with Crippen LogP contribution >= 0.6 is 0 Å². The molecule has 0 aromatic heterocycles. The van der Waals surface area contributed by atoms with Crippen LogP contribution in [0.15, 0.2) is 42.5 Å². The van der Waals surface area contributed by atoms with Crippen molar-refractivity contribution in [2.24, 2.45) is 0 Å². The van der Waals surface area contributed by atoms with Crippen LogP contribution in [0, 0.1) is 0 Å². The highest BCUT2D eigenvalue weighted by molar-refractivity contribution is 5.65. The second-order valence-corrected chi connectivity index (χ2v) is 5.20. The normalized spacial score (nSPS) is 10.9. The summed E-state index contributed by atoms with van der Waals surface area (Å²) in [6.45, 7) is 2.27. The zero-order valence-electron chi connectivity index (χ0n) is 11.5. The van der Waals surface area contributed by atoms with Gasteiger partial charge in [-0.15, -0.1) is 0 Å². The van der Waals surface area contributed by atoms with Crippen molar-refractivity contribution in [3.8, 4) is 11.1 Å². The van der Waals surface area contributed by atoms with Gasteiger partial charge in [-0.3, -0.25) is 0 Å². The Bertz CT molecular complexity index is 399. The Kier molecular flexibility index (Phi) is 5.26. The zero-order valence-corrected chi connectivity index (χ0v) is 11.5. The maximum atomic E-state index is 2.29. The molecule has 18 heavy (non-hydrogen) atoms. The summed E-state index contributed by atoms with van der Waals surface area (Å²) in [7, 11) is 0. The van der Waals surface area contributed by atoms with E-state index in [-0.39, 0.29) is 0 Å². The lowest BCUT2D eigenvalue weighted by atomic mass is 10.1. The van der Waals surface area contributed by atoms with Crippen molar-refractivity contribution in [3.05, 3.63) is 48.0 Å². The Morgan fingerprint density at radius 1 is 0.667 bits per heavy atom. The van der Waals surface area contributed by atoms with Crippen LogP contribution in [0.5, 0.6) is 0 Å². The van der Waals surface area contributed by atoms with Gasteiger partial charge in [0.05, 0.1) is 0 Å². The minimum atomic E-state index is 1.23. The lowest BCUT2D eigenvalue weighted by molar-refractivity contribution is 0.607. The maximum Gasteiger partial charge on any atom is -0.0184 e. The fourth-order valence-electron chi connectivity index (χ4n) is 2.48. The molecule has 0 aromatic carbocycles. The van der Waals surface area contributed by atoms with Gasteiger partial charge in [-0.2, -0.15) is 0 Å². The van der Waals surface area contributed by atoms with E-state index in [4.69, 9.17) is 0 Å². The van der Waals surface area contributed by atoms with E-state index < -0.39 is 0 Å². The van der Waals surface area contributed by atoms with Gasteiger partial charge in [0.2, 0.25) is 0 Å². The van der Waals surface area contributed by atoms with Gasteiger partial charge in [-0.05, 0) is 29.5 Å². The summed E-state index contributed by atoms with van der Waals surface area (Å²) < 4.78 is 0. The van der Waals surface area contributed by atoms with Crippen molar-refractivity contribution in [2.45, 2.75) is 51.9 Å². The Labute approximate surface area is 111 Å². The third-order valence-corrected chi connectivity index (χ3v) is 3.66. The van der Waals surface area contributed by atoms with Crippen LogP contribution in [0.3, 0.4) is 0 Å². The first-order chi connectivity index (χ1) is 8.90. The highest BCUT2D eigenvalue weighted by atomic mass is 14.0. The van der Waals surface area contributed by atoms with Crippen LogP contribution in [-0.4, -0.2) is 0 Å². The smallest absolute Gasteiger partial charge is 0.0184 e. The number of unbranched alkanes of at least 4 members (excludes halogenated alkanes) is 5. The van der Waals surface area contributed by atoms with E-state index >= 15 is 0 Å². The van der Waals surface area contributed by atoms with Crippen LogP contribution in [0.4, 0.5) is 0 Å². The molecule has 2 aliphatic rings. The second kappa shape index (κ2) is 7.20. The Morgan fingerprint density at radius 2 is 1.28 bits per heavy atom. The summed E-state index contributed by atoms with van der Waals surface area (Å²) in [6.07, 6.45) is 9.48. The molecule has 96 valence electrons. The standard InChI is InChI=1S/C18H24/c1-2-3-4-5-6-7-9-16-12-14-17-10-8-11-18(17)15-13-16/h8,10-15H,2-7,9H2,1H3. The van der Waals surface area contributed by atoms with E-state index in [2.05, 4.69) is 49.4 Å². The molecule has 0 spiro atoms. The van der Waals surface area contributed by atoms with E-state index in [1.165, 1.54) is 61.6 Å². The van der Waals surface area contributed by atoms with Crippen molar-refractivity contribution < 1.29 is 0 Å². The van der Waals surface area contributed by atoms with Gasteiger partial charge >= 0.3 is 0 Å². The molecule has 0 unspecified atom stereocenters. The topological polar surface area (TPSA) is 0 Å². The van der Waals surface area contributed by atoms with Gasteiger partial charge in [0.25, 0.3) is 0 Å². The molecule has 0 atom stereocenters. The third kappa shape index (κ3) is 3.87. The van der Waals surface area contributed by atoms with Gasteiger partial charge in [0, 0.05) is 0 Å². The fourth-order valence-corrected chi connectivity index (χ4v) is 2.48. The van der Waals surface area contributed by atoms with Crippen LogP contribution in [-0.2, 0) is 6.42 Å². The maximum absolute atomic E-state index is 2.29. The molecule has 0 aromatic rings. The largest absolute Gasteiger partial charge is 0.0654 e. The Morgan fingerprint density at radius 3 is 1.94 bits per heavy atom. The zero-order chi connectivity index (χ0) is 12.6. The van der Waals surface area contributed by atoms with Crippen molar-refractivity contribution in [2.75, 3.05) is 0 Å². The summed E-state index contributed by atoms with van der Waals surface area (Å²) in [6, 6.07) is 15.6. The average molecular weight is 240 g/mol. The molecule has 0 nitrogen and oxygen atoms in total. The quantitative estimate of drug-likeness (QED) is 0.545. The highest BCUT2D eigenvalue weighted by Gasteiger charge is 1.99. The molecule has 0 N–H and O–H groups in total. The van der Waals surface area contributed by atoms with Crippen molar-refractivity contribution >= 4 is 0 Å². The summed E-state index contributed by atoms with van der Waals surface area (Å²) in [5.41, 5.74) is 4.18. The van der Waals surface area contributed by atoms with Crippen LogP contribution < -0.4 is 0 Å². The first kappa shape index (κ1) is 13.1. The molecule has 0 saturated carbocycles. The van der Waals surface area contributed by atoms with Crippen molar-refractivity contribution in [1.29, 1.82) is 0 Å². The number of aryl methyl sites for hydroxylation is 1. The van der Waals surface area contributed by atoms with E-state index in [0.29, 0.717) is 0 Å². The van der Waals surface area contributed by atoms with E-state index in [1.54, 1.807) is 0 Å². The van der Waals surface area contributed by atoms with E-state index in [1.807, 2.05) is 0 Å². The monoisotopic (exact) mass is 240 g/mol. The number of fused-ring (bicyclic) bond motifs is 1. The van der Waals surface area contributed by atoms with Gasteiger partial charge in [-0.25, -0.2) is 0 Å². The van der Waals surface area contributed by atoms with Gasteiger partial charge < -0.3 is 0 Å². The lowest BCUT2D eigenvalue weighted by Crippen LogP contribution is -1.84. The fraction of sp³-hybridized carbons (Fsp3) is 0.444. The summed E-state index contributed by atoms with van der Waals surface area (Å²) in [5, 5.41) is 0. The molecule has 0 bridgehead atoms. The van der Waals surface area contributed by atoms with Crippen molar-refractivity contribution in [1.82, 2.24) is 0 Å². The SMILES string of the molecule is CCCCCCCCc1ccc2cccc-2cc1. The molecule has 0 heterocycles. The first-order valence-electron chi connectivity index (χ1n) is 7.38. The van der Waals surface area contributed by atoms with Crippen LogP contribution in [0.1, 0.15) is 51.0 Å². The lowest BCUT2D eigenvalue weighted by Gasteiger charge is -2.00. The van der Waals surface area contributed by atoms with Crippen LogP contribution in [0.25, 0.3) is 11.1 Å². The molecular weight excluding hydrogens is 216 g/mol. The molecule has 0 aliphatic heterocycles. The summed E-state index contributed by atoms with van der Waals surface area (Å²) in [5.74, 6) is 0. The van der Waals surface area contributed by atoms with E-state index in [0.717, 1.165) is 0 Å². The minimum Gasteiger partial charge on any atom is -0.0654 e. The highest BCUT2D eigenvalue weighted by Crippen LogP contribution is 2.22. The van der Waals surface area contributed by atoms with E-state index in [9.17, 15) is 0 Å². The second-order valence-electron chi connectivity index (χ2n) is 5.20. The third-order valence-electron chi connectivity index (χ3n) is 3.66. The number of hydrogen-bond donors (Lipinski definition) is 0. The van der Waals surface area contributed by atoms with Crippen molar-refractivity contribution in [3.63, 3.8) is 0 Å². The van der Waals surface area contributed by atoms with Crippen LogP contribution in [0.2, 0.25) is 0 Å². The predicted octanol–water partition coefficient (Wildman–Crippen LogP) is 5.69. The Balaban J connectivity index is 1.79. The summed E-state index contributed by atoms with van der Waals surface area (Å²) in [4.78, 5) is 0. The molecule has 0 amide bonds. The number of rotatable bonds is 7. The number of hydrogen-bond acceptors (Lipinski definition) is 0. The van der Waals surface area contributed by atoms with Gasteiger partial charge in [0.1, 0.15) is 0 Å². The van der Waals surface area contributed by atoms with Gasteiger partial charge in [0.15, 0.2) is 0 Å². The molecule has 2 rings (SSSR count). The average Bonchev–Trinajstić information content (AvgIpc) is 2.75.